The fourth-order valence-electron chi connectivity index (χ4n) is 3.15. The number of nitrogens with two attached hydrogens (primary N) is 1. The van der Waals surface area contributed by atoms with Crippen LogP contribution in [0.2, 0.25) is 0 Å². The fraction of sp³-hybridized carbons (Fsp3) is 0.0870. The first kappa shape index (κ1) is 19.1. The van der Waals surface area contributed by atoms with Crippen LogP contribution in [0.3, 0.4) is 0 Å². The number of benzene rings is 3. The minimum absolute atomic E-state index is 0.205. The van der Waals surface area contributed by atoms with Crippen LogP contribution >= 0.6 is 0 Å². The lowest BCUT2D eigenvalue weighted by atomic mass is 10.1. The van der Waals surface area contributed by atoms with Crippen LogP contribution in [0.1, 0.15) is 5.56 Å². The molecule has 6 heteroatoms. The van der Waals surface area contributed by atoms with Gasteiger partial charge in [-0.2, -0.15) is 5.10 Å². The van der Waals surface area contributed by atoms with Crippen molar-refractivity contribution in [2.24, 2.45) is 5.73 Å². The summed E-state index contributed by atoms with van der Waals surface area (Å²) in [6.07, 6.45) is 0. The van der Waals surface area contributed by atoms with E-state index in [1.807, 2.05) is 48.0 Å². The van der Waals surface area contributed by atoms with Crippen LogP contribution < -0.4 is 5.73 Å². The summed E-state index contributed by atoms with van der Waals surface area (Å²) in [7, 11) is -3.45. The predicted octanol–water partition coefficient (Wildman–Crippen LogP) is 4.20. The molecule has 2 N–H and O–H groups in total. The Hall–Kier alpha value is -3.22. The Balaban J connectivity index is 1.85. The topological polar surface area (TPSA) is 78.0 Å². The van der Waals surface area contributed by atoms with E-state index in [9.17, 15) is 8.42 Å². The zero-order valence-electron chi connectivity index (χ0n) is 16.0. The molecule has 0 fully saturated rings. The highest BCUT2D eigenvalue weighted by Gasteiger charge is 2.15. The molecule has 3 aromatic carbocycles. The van der Waals surface area contributed by atoms with E-state index in [1.54, 1.807) is 24.3 Å². The molecule has 0 unspecified atom stereocenters. The summed E-state index contributed by atoms with van der Waals surface area (Å²) in [6, 6.07) is 26.9. The smallest absolute Gasteiger partial charge is 0.191 e. The van der Waals surface area contributed by atoms with Gasteiger partial charge in [0.15, 0.2) is 9.84 Å². The maximum Gasteiger partial charge on any atom is 0.191 e. The van der Waals surface area contributed by atoms with Gasteiger partial charge in [-0.25, -0.2) is 13.1 Å². The van der Waals surface area contributed by atoms with E-state index in [1.165, 1.54) is 5.56 Å². The molecule has 4 rings (SSSR count). The van der Waals surface area contributed by atoms with E-state index in [-0.39, 0.29) is 4.90 Å². The van der Waals surface area contributed by atoms with Gasteiger partial charge in [0.1, 0.15) is 5.88 Å². The molecule has 4 aromatic rings. The molecule has 0 aliphatic rings. The number of rotatable bonds is 5. The summed E-state index contributed by atoms with van der Waals surface area (Å²) >= 11 is 0. The van der Waals surface area contributed by atoms with Crippen LogP contribution in [0.4, 0.5) is 0 Å². The normalized spacial score (nSPS) is 11.5. The van der Waals surface area contributed by atoms with Gasteiger partial charge in [0.05, 0.1) is 22.0 Å². The van der Waals surface area contributed by atoms with Gasteiger partial charge >= 0.3 is 0 Å². The summed E-state index contributed by atoms with van der Waals surface area (Å²) in [5.41, 5.74) is 11.1. The third-order valence-electron chi connectivity index (χ3n) is 4.79. The maximum atomic E-state index is 12.0. The molecule has 0 amide bonds. The van der Waals surface area contributed by atoms with Crippen molar-refractivity contribution < 1.29 is 8.42 Å². The molecule has 29 heavy (non-hydrogen) atoms. The SMILES string of the molecule is Cc1ccc(-c2cc(-c3ccccc3)nn2-c2ccc(S(=O)(=O)CN)cc2)cc1. The lowest BCUT2D eigenvalue weighted by Gasteiger charge is -2.09. The Morgan fingerprint density at radius 2 is 1.52 bits per heavy atom. The second-order valence-electron chi connectivity index (χ2n) is 6.83. The predicted molar refractivity (Wildman–Crippen MR) is 115 cm³/mol. The number of aryl methyl sites for hydroxylation is 1. The molecule has 1 aromatic heterocycles. The number of nitrogens with zero attached hydrogens (tertiary/aromatic N) is 2. The largest absolute Gasteiger partial charge is 0.317 e. The maximum absolute atomic E-state index is 12.0. The summed E-state index contributed by atoms with van der Waals surface area (Å²) in [6.45, 7) is 2.05. The van der Waals surface area contributed by atoms with E-state index in [2.05, 4.69) is 24.3 Å². The summed E-state index contributed by atoms with van der Waals surface area (Å²) < 4.78 is 25.9. The van der Waals surface area contributed by atoms with Gasteiger partial charge in [-0.15, -0.1) is 0 Å². The van der Waals surface area contributed by atoms with Crippen LogP contribution in [-0.4, -0.2) is 24.1 Å². The summed E-state index contributed by atoms with van der Waals surface area (Å²) in [4.78, 5) is 0.205. The zero-order valence-corrected chi connectivity index (χ0v) is 16.8. The molecule has 0 saturated carbocycles. The van der Waals surface area contributed by atoms with Gasteiger partial charge in [-0.05, 0) is 37.3 Å². The Morgan fingerprint density at radius 3 is 2.14 bits per heavy atom. The molecule has 0 atom stereocenters. The highest BCUT2D eigenvalue weighted by atomic mass is 32.2. The molecule has 0 aliphatic heterocycles. The Kier molecular flexibility index (Phi) is 5.05. The van der Waals surface area contributed by atoms with Crippen molar-refractivity contribution in [3.05, 3.63) is 90.5 Å². The van der Waals surface area contributed by atoms with E-state index in [0.717, 1.165) is 28.2 Å². The minimum atomic E-state index is -3.45. The highest BCUT2D eigenvalue weighted by Crippen LogP contribution is 2.29. The molecule has 5 nitrogen and oxygen atoms in total. The van der Waals surface area contributed by atoms with Crippen LogP contribution in [0.5, 0.6) is 0 Å². The van der Waals surface area contributed by atoms with Gasteiger partial charge in [0, 0.05) is 11.1 Å². The third kappa shape index (κ3) is 3.85. The van der Waals surface area contributed by atoms with E-state index in [4.69, 9.17) is 10.8 Å². The average molecular weight is 404 g/mol. The van der Waals surface area contributed by atoms with Gasteiger partial charge in [0.2, 0.25) is 0 Å². The van der Waals surface area contributed by atoms with Crippen molar-refractivity contribution in [2.45, 2.75) is 11.8 Å². The summed E-state index contributed by atoms with van der Waals surface area (Å²) in [5.74, 6) is -0.416. The lowest BCUT2D eigenvalue weighted by molar-refractivity contribution is 0.596. The average Bonchev–Trinajstić information content (AvgIpc) is 3.20. The molecule has 0 spiro atoms. The van der Waals surface area contributed by atoms with E-state index in [0.29, 0.717) is 0 Å². The molecule has 0 radical (unpaired) electrons. The first-order chi connectivity index (χ1) is 14.0. The number of hydrogen-bond acceptors (Lipinski definition) is 4. The standard InChI is InChI=1S/C23H21N3O2S/c1-17-7-9-19(10-8-17)23-15-22(18-5-3-2-4-6-18)25-26(23)20-11-13-21(14-12-20)29(27,28)16-24/h2-15H,16,24H2,1H3. The minimum Gasteiger partial charge on any atom is -0.317 e. The first-order valence-corrected chi connectivity index (χ1v) is 10.9. The molecule has 0 aliphatic carbocycles. The molecule has 146 valence electrons. The molecule has 0 bridgehead atoms. The lowest BCUT2D eigenvalue weighted by Crippen LogP contribution is -2.14. The Morgan fingerprint density at radius 1 is 0.862 bits per heavy atom. The van der Waals surface area contributed by atoms with Crippen molar-refractivity contribution in [1.29, 1.82) is 0 Å². The van der Waals surface area contributed by atoms with Crippen molar-refractivity contribution >= 4 is 9.84 Å². The molecule has 1 heterocycles. The van der Waals surface area contributed by atoms with Crippen molar-refractivity contribution in [2.75, 3.05) is 5.88 Å². The quantitative estimate of drug-likeness (QED) is 0.542. The number of hydrogen-bond donors (Lipinski definition) is 1. The monoisotopic (exact) mass is 403 g/mol. The van der Waals surface area contributed by atoms with E-state index < -0.39 is 15.7 Å². The second kappa shape index (κ2) is 7.66. The Labute approximate surface area is 170 Å². The second-order valence-corrected chi connectivity index (χ2v) is 8.87. The third-order valence-corrected chi connectivity index (χ3v) is 6.22. The zero-order chi connectivity index (χ0) is 20.4. The van der Waals surface area contributed by atoms with E-state index >= 15 is 0 Å². The van der Waals surface area contributed by atoms with Gasteiger partial charge in [-0.1, -0.05) is 60.2 Å². The van der Waals surface area contributed by atoms with Crippen molar-refractivity contribution in [1.82, 2.24) is 9.78 Å². The van der Waals surface area contributed by atoms with Crippen molar-refractivity contribution in [3.63, 3.8) is 0 Å². The molecule has 0 saturated heterocycles. The van der Waals surface area contributed by atoms with Crippen molar-refractivity contribution in [3.8, 4) is 28.2 Å². The summed E-state index contributed by atoms with van der Waals surface area (Å²) in [5, 5.41) is 4.80. The van der Waals surface area contributed by atoms with Gasteiger partial charge in [0.25, 0.3) is 0 Å². The number of aromatic nitrogens is 2. The first-order valence-electron chi connectivity index (χ1n) is 9.24. The molecular weight excluding hydrogens is 382 g/mol. The number of sulfone groups is 1. The van der Waals surface area contributed by atoms with Crippen LogP contribution in [0, 0.1) is 6.92 Å². The van der Waals surface area contributed by atoms with Crippen LogP contribution in [0.15, 0.2) is 89.8 Å². The van der Waals surface area contributed by atoms with Gasteiger partial charge < -0.3 is 5.73 Å². The van der Waals surface area contributed by atoms with Crippen LogP contribution in [0.25, 0.3) is 28.2 Å². The molecular formula is C23H21N3O2S. The van der Waals surface area contributed by atoms with Gasteiger partial charge in [-0.3, -0.25) is 0 Å². The fourth-order valence-corrected chi connectivity index (χ4v) is 3.89. The van der Waals surface area contributed by atoms with Crippen LogP contribution in [-0.2, 0) is 9.84 Å². The Bertz CT molecular complexity index is 1230. The highest BCUT2D eigenvalue weighted by molar-refractivity contribution is 7.91.